The van der Waals surface area contributed by atoms with Gasteiger partial charge in [0.25, 0.3) is 0 Å². The molecule has 4 rings (SSSR count). The number of ether oxygens (including phenoxy) is 1. The van der Waals surface area contributed by atoms with Crippen LogP contribution in [0.1, 0.15) is 43.8 Å². The van der Waals surface area contributed by atoms with Gasteiger partial charge in [0, 0.05) is 13.1 Å². The lowest BCUT2D eigenvalue weighted by Crippen LogP contribution is -2.47. The number of morpholine rings is 1. The molecule has 0 aromatic heterocycles. The van der Waals surface area contributed by atoms with E-state index in [9.17, 15) is 9.18 Å². The molecule has 2 saturated carbocycles. The fraction of sp³-hybridized carbons (Fsp3) is 0.650. The molecule has 1 saturated heterocycles. The molecule has 2 aliphatic carbocycles. The van der Waals surface area contributed by atoms with E-state index in [2.05, 4.69) is 5.32 Å². The summed E-state index contributed by atoms with van der Waals surface area (Å²) in [6.45, 7) is 2.41. The van der Waals surface area contributed by atoms with E-state index in [-0.39, 0.29) is 18.0 Å². The van der Waals surface area contributed by atoms with Crippen LogP contribution in [0, 0.1) is 23.6 Å². The van der Waals surface area contributed by atoms with Crippen LogP contribution in [0.15, 0.2) is 24.3 Å². The summed E-state index contributed by atoms with van der Waals surface area (Å²) in [5.41, 5.74) is 0.917. The Balaban J connectivity index is 1.24. The largest absolute Gasteiger partial charge is 0.370 e. The summed E-state index contributed by atoms with van der Waals surface area (Å²) < 4.78 is 18.8. The van der Waals surface area contributed by atoms with Gasteiger partial charge in [0.15, 0.2) is 0 Å². The number of fused-ring (bicyclic) bond motifs is 2. The van der Waals surface area contributed by atoms with Gasteiger partial charge in [0.2, 0.25) is 0 Å². The van der Waals surface area contributed by atoms with Crippen molar-refractivity contribution in [2.75, 3.05) is 26.2 Å². The lowest BCUT2D eigenvalue weighted by Gasteiger charge is -2.33. The van der Waals surface area contributed by atoms with Crippen LogP contribution in [-0.2, 0) is 4.74 Å². The summed E-state index contributed by atoms with van der Waals surface area (Å²) >= 11 is 0. The van der Waals surface area contributed by atoms with Crippen LogP contribution in [-0.4, -0.2) is 37.2 Å². The van der Waals surface area contributed by atoms with Crippen molar-refractivity contribution in [2.45, 2.75) is 38.2 Å². The van der Waals surface area contributed by atoms with E-state index in [4.69, 9.17) is 4.74 Å². The Hall–Kier alpha value is -1.62. The normalized spacial score (nSPS) is 31.3. The zero-order valence-electron chi connectivity index (χ0n) is 14.6. The van der Waals surface area contributed by atoms with Crippen LogP contribution in [0.3, 0.4) is 0 Å². The molecule has 1 aromatic carbocycles. The first kappa shape index (κ1) is 16.8. The van der Waals surface area contributed by atoms with Crippen LogP contribution in [0.2, 0.25) is 0 Å². The molecule has 0 spiro atoms. The van der Waals surface area contributed by atoms with E-state index in [1.54, 1.807) is 12.1 Å². The summed E-state index contributed by atoms with van der Waals surface area (Å²) in [5.74, 6) is 2.43. The van der Waals surface area contributed by atoms with Gasteiger partial charge in [-0.2, -0.15) is 0 Å². The van der Waals surface area contributed by atoms with Gasteiger partial charge in [-0.1, -0.05) is 18.6 Å². The van der Waals surface area contributed by atoms with Crippen molar-refractivity contribution >= 4 is 6.03 Å². The van der Waals surface area contributed by atoms with Crippen LogP contribution >= 0.6 is 0 Å². The minimum absolute atomic E-state index is 0.00133. The molecule has 1 heterocycles. The number of halogens is 1. The fourth-order valence-corrected chi connectivity index (χ4v) is 4.92. The quantitative estimate of drug-likeness (QED) is 0.902. The summed E-state index contributed by atoms with van der Waals surface area (Å²) in [5, 5.41) is 3.09. The maximum atomic E-state index is 13.1. The minimum Gasteiger partial charge on any atom is -0.370 e. The molecule has 3 aliphatic rings. The third kappa shape index (κ3) is 3.81. The molecule has 4 nitrogen and oxygen atoms in total. The predicted octanol–water partition coefficient (Wildman–Crippen LogP) is 3.73. The first-order valence-electron chi connectivity index (χ1n) is 9.59. The van der Waals surface area contributed by atoms with Crippen molar-refractivity contribution in [1.29, 1.82) is 0 Å². The molecule has 0 unspecified atom stereocenters. The van der Waals surface area contributed by atoms with Crippen molar-refractivity contribution in [2.24, 2.45) is 17.8 Å². The second kappa shape index (κ2) is 7.32. The smallest absolute Gasteiger partial charge is 0.317 e. The van der Waals surface area contributed by atoms with Gasteiger partial charge in [-0.3, -0.25) is 0 Å². The lowest BCUT2D eigenvalue weighted by molar-refractivity contribution is -0.0154. The summed E-state index contributed by atoms with van der Waals surface area (Å²) in [6, 6.07) is 6.34. The molecular formula is C20H27FN2O2. The highest BCUT2D eigenvalue weighted by Gasteiger charge is 2.38. The van der Waals surface area contributed by atoms with Crippen molar-refractivity contribution < 1.29 is 13.9 Å². The highest BCUT2D eigenvalue weighted by molar-refractivity contribution is 5.74. The average Bonchev–Trinajstić information content (AvgIpc) is 3.25. The number of amides is 2. The molecule has 2 bridgehead atoms. The highest BCUT2D eigenvalue weighted by Crippen LogP contribution is 2.49. The van der Waals surface area contributed by atoms with Crippen LogP contribution < -0.4 is 5.32 Å². The van der Waals surface area contributed by atoms with Gasteiger partial charge in [-0.25, -0.2) is 9.18 Å². The van der Waals surface area contributed by atoms with Crippen molar-refractivity contribution in [3.63, 3.8) is 0 Å². The molecule has 136 valence electrons. The van der Waals surface area contributed by atoms with Gasteiger partial charge in [-0.15, -0.1) is 0 Å². The predicted molar refractivity (Wildman–Crippen MR) is 93.6 cm³/mol. The average molecular weight is 346 g/mol. The molecule has 1 aliphatic heterocycles. The zero-order chi connectivity index (χ0) is 17.2. The van der Waals surface area contributed by atoms with Crippen LogP contribution in [0.25, 0.3) is 0 Å². The Kier molecular flexibility index (Phi) is 4.93. The first-order chi connectivity index (χ1) is 12.2. The Morgan fingerprint density at radius 2 is 2.08 bits per heavy atom. The van der Waals surface area contributed by atoms with Crippen molar-refractivity contribution in [3.05, 3.63) is 35.6 Å². The molecular weight excluding hydrogens is 319 g/mol. The first-order valence-corrected chi connectivity index (χ1v) is 9.59. The number of rotatable bonds is 4. The van der Waals surface area contributed by atoms with Gasteiger partial charge in [0.1, 0.15) is 11.9 Å². The maximum absolute atomic E-state index is 13.1. The maximum Gasteiger partial charge on any atom is 0.317 e. The second-order valence-corrected chi connectivity index (χ2v) is 7.81. The van der Waals surface area contributed by atoms with Gasteiger partial charge < -0.3 is 15.0 Å². The lowest BCUT2D eigenvalue weighted by atomic mass is 9.86. The van der Waals surface area contributed by atoms with Crippen LogP contribution in [0.5, 0.6) is 0 Å². The van der Waals surface area contributed by atoms with Gasteiger partial charge in [-0.05, 0) is 61.1 Å². The SMILES string of the molecule is O=C(NCC[C@H]1C[C@H]2CC[C@H]1C2)N1CCO[C@@H](c2ccc(F)cc2)C1. The number of urea groups is 1. The third-order valence-corrected chi connectivity index (χ3v) is 6.27. The van der Waals surface area contributed by atoms with E-state index in [1.165, 1.54) is 37.8 Å². The number of benzene rings is 1. The summed E-state index contributed by atoms with van der Waals surface area (Å²) in [4.78, 5) is 14.3. The Morgan fingerprint density at radius 1 is 1.24 bits per heavy atom. The number of carbonyl (C=O) groups is 1. The molecule has 25 heavy (non-hydrogen) atoms. The van der Waals surface area contributed by atoms with E-state index >= 15 is 0 Å². The van der Waals surface area contributed by atoms with Crippen molar-refractivity contribution in [3.8, 4) is 0 Å². The van der Waals surface area contributed by atoms with Crippen molar-refractivity contribution in [1.82, 2.24) is 10.2 Å². The van der Waals surface area contributed by atoms with E-state index in [0.29, 0.717) is 19.7 Å². The van der Waals surface area contributed by atoms with E-state index in [1.807, 2.05) is 4.90 Å². The number of hydrogen-bond donors (Lipinski definition) is 1. The standard InChI is InChI=1S/C20H27FN2O2/c21-18-5-3-15(4-6-18)19-13-23(9-10-25-19)20(24)22-8-7-17-12-14-1-2-16(17)11-14/h3-6,14,16-17,19H,1-2,7-13H2,(H,22,24)/t14-,16-,17-,19+/m0/s1. The molecule has 1 N–H and O–H groups in total. The third-order valence-electron chi connectivity index (χ3n) is 6.27. The summed E-state index contributed by atoms with van der Waals surface area (Å²) in [7, 11) is 0. The Bertz CT molecular complexity index is 606. The minimum atomic E-state index is -0.255. The molecule has 5 heteroatoms. The molecule has 1 aromatic rings. The Morgan fingerprint density at radius 3 is 2.80 bits per heavy atom. The van der Waals surface area contributed by atoms with Gasteiger partial charge >= 0.3 is 6.03 Å². The van der Waals surface area contributed by atoms with Crippen LogP contribution in [0.4, 0.5) is 9.18 Å². The van der Waals surface area contributed by atoms with Gasteiger partial charge in [0.05, 0.1) is 13.2 Å². The molecule has 4 atom stereocenters. The molecule has 2 amide bonds. The monoisotopic (exact) mass is 346 g/mol. The molecule has 3 fully saturated rings. The number of nitrogens with zero attached hydrogens (tertiary/aromatic N) is 1. The number of nitrogens with one attached hydrogen (secondary N) is 1. The number of hydrogen-bond acceptors (Lipinski definition) is 2. The Labute approximate surface area is 148 Å². The fourth-order valence-electron chi connectivity index (χ4n) is 4.92. The van der Waals surface area contributed by atoms with E-state index in [0.717, 1.165) is 36.3 Å². The summed E-state index contributed by atoms with van der Waals surface area (Å²) in [6.07, 6.45) is 6.54. The van der Waals surface area contributed by atoms with E-state index < -0.39 is 0 Å². The topological polar surface area (TPSA) is 41.6 Å². The highest BCUT2D eigenvalue weighted by atomic mass is 19.1. The number of carbonyl (C=O) groups excluding carboxylic acids is 1. The zero-order valence-corrected chi connectivity index (χ0v) is 14.6. The molecule has 0 radical (unpaired) electrons. The second-order valence-electron chi connectivity index (χ2n) is 7.81.